The van der Waals surface area contributed by atoms with Crippen LogP contribution in [0.2, 0.25) is 0 Å². The van der Waals surface area contributed by atoms with Crippen LogP contribution in [0.1, 0.15) is 36.8 Å². The molecule has 8 nitrogen and oxygen atoms in total. The van der Waals surface area contributed by atoms with Gasteiger partial charge in [0.05, 0.1) is 18.3 Å². The zero-order chi connectivity index (χ0) is 27.0. The highest BCUT2D eigenvalue weighted by atomic mass is 19.4. The van der Waals surface area contributed by atoms with Crippen molar-refractivity contribution in [3.63, 3.8) is 0 Å². The number of aryl methyl sites for hydroxylation is 1. The van der Waals surface area contributed by atoms with Gasteiger partial charge in [-0.1, -0.05) is 6.07 Å². The Labute approximate surface area is 225 Å². The molecule has 39 heavy (non-hydrogen) atoms. The minimum Gasteiger partial charge on any atom is -0.379 e. The van der Waals surface area contributed by atoms with Gasteiger partial charge in [-0.05, 0) is 55.5 Å². The summed E-state index contributed by atoms with van der Waals surface area (Å²) in [7, 11) is 2.10. The number of nitrogens with one attached hydrogen (secondary N) is 2. The van der Waals surface area contributed by atoms with E-state index in [1.54, 1.807) is 4.90 Å². The highest BCUT2D eigenvalue weighted by molar-refractivity contribution is 6.09. The summed E-state index contributed by atoms with van der Waals surface area (Å²) >= 11 is 0. The van der Waals surface area contributed by atoms with Crippen molar-refractivity contribution in [3.8, 4) is 0 Å². The van der Waals surface area contributed by atoms with Crippen molar-refractivity contribution in [2.75, 3.05) is 55.0 Å². The fourth-order valence-electron chi connectivity index (χ4n) is 5.73. The van der Waals surface area contributed by atoms with Crippen molar-refractivity contribution >= 4 is 23.0 Å². The number of hydrogen-bond acceptors (Lipinski definition) is 8. The van der Waals surface area contributed by atoms with E-state index in [1.807, 2.05) is 0 Å². The van der Waals surface area contributed by atoms with E-state index in [0.717, 1.165) is 48.8 Å². The molecule has 2 aromatic rings. The number of benzene rings is 1. The van der Waals surface area contributed by atoms with Crippen LogP contribution in [-0.2, 0) is 22.1 Å². The van der Waals surface area contributed by atoms with Gasteiger partial charge in [0.15, 0.2) is 0 Å². The minimum absolute atomic E-state index is 0.0371. The van der Waals surface area contributed by atoms with E-state index < -0.39 is 18.1 Å². The summed E-state index contributed by atoms with van der Waals surface area (Å²) in [5.74, 6) is 0.648. The molecule has 4 aliphatic heterocycles. The van der Waals surface area contributed by atoms with E-state index in [1.165, 1.54) is 23.5 Å². The second-order valence-electron chi connectivity index (χ2n) is 10.4. The number of alkyl halides is 3. The maximum atomic E-state index is 13.7. The Morgan fingerprint density at radius 1 is 1.13 bits per heavy atom. The average molecular weight is 543 g/mol. The van der Waals surface area contributed by atoms with Crippen LogP contribution in [0.25, 0.3) is 0 Å². The van der Waals surface area contributed by atoms with Gasteiger partial charge >= 0.3 is 6.18 Å². The SMILES string of the molecule is CN1CCCc2ccc(NC3=NC(OC4CCOC4)NC4=C3CCN(c3ncccc3C(F)(F)F)CC4)cc21. The van der Waals surface area contributed by atoms with Gasteiger partial charge in [0, 0.05) is 68.6 Å². The summed E-state index contributed by atoms with van der Waals surface area (Å²) in [4.78, 5) is 13.0. The van der Waals surface area contributed by atoms with Crippen molar-refractivity contribution in [1.29, 1.82) is 0 Å². The third kappa shape index (κ3) is 5.56. The van der Waals surface area contributed by atoms with Gasteiger partial charge in [0.1, 0.15) is 11.7 Å². The zero-order valence-corrected chi connectivity index (χ0v) is 21.9. The number of pyridine rings is 1. The number of fused-ring (bicyclic) bond motifs is 1. The van der Waals surface area contributed by atoms with Gasteiger partial charge in [0.2, 0.25) is 6.35 Å². The summed E-state index contributed by atoms with van der Waals surface area (Å²) in [6.45, 7) is 2.97. The molecule has 0 radical (unpaired) electrons. The molecule has 2 unspecified atom stereocenters. The number of halogens is 3. The number of ether oxygens (including phenoxy) is 2. The molecule has 1 saturated heterocycles. The van der Waals surface area contributed by atoms with Crippen molar-refractivity contribution in [1.82, 2.24) is 10.3 Å². The third-order valence-corrected chi connectivity index (χ3v) is 7.76. The molecule has 5 heterocycles. The van der Waals surface area contributed by atoms with E-state index in [-0.39, 0.29) is 11.9 Å². The highest BCUT2D eigenvalue weighted by Crippen LogP contribution is 2.37. The topological polar surface area (TPSA) is 74.2 Å². The minimum atomic E-state index is -4.47. The predicted octanol–water partition coefficient (Wildman–Crippen LogP) is 4.54. The lowest BCUT2D eigenvalue weighted by atomic mass is 10.0. The van der Waals surface area contributed by atoms with Crippen LogP contribution in [0.15, 0.2) is 52.8 Å². The summed E-state index contributed by atoms with van der Waals surface area (Å²) < 4.78 is 52.9. The lowest BCUT2D eigenvalue weighted by Gasteiger charge is -2.30. The summed E-state index contributed by atoms with van der Waals surface area (Å²) in [5, 5.41) is 6.93. The molecule has 6 rings (SSSR count). The standard InChI is InChI=1S/C28H33F3N6O2/c1-36-12-3-4-18-6-7-19(16-24(18)36)33-25-21-8-13-37(26-22(28(29,30)31)5-2-11-32-26)14-9-23(21)34-27(35-25)39-20-10-15-38-17-20/h2,5-7,11,16,20,27,34H,3-4,8-10,12-15,17H2,1H3,(H,33,35). The van der Waals surface area contributed by atoms with Gasteiger partial charge < -0.3 is 29.9 Å². The van der Waals surface area contributed by atoms with Crippen LogP contribution < -0.4 is 20.4 Å². The smallest absolute Gasteiger partial charge is 0.379 e. The zero-order valence-electron chi connectivity index (χ0n) is 21.9. The number of rotatable bonds is 4. The summed E-state index contributed by atoms with van der Waals surface area (Å²) in [6.07, 6.45) is 0.285. The quantitative estimate of drug-likeness (QED) is 0.588. The Bertz CT molecular complexity index is 1270. The van der Waals surface area contributed by atoms with Crippen molar-refractivity contribution < 1.29 is 22.6 Å². The van der Waals surface area contributed by atoms with E-state index in [2.05, 4.69) is 45.8 Å². The predicted molar refractivity (Wildman–Crippen MR) is 144 cm³/mol. The molecule has 11 heteroatoms. The Morgan fingerprint density at radius 3 is 2.82 bits per heavy atom. The fraction of sp³-hybridized carbons (Fsp3) is 0.500. The maximum Gasteiger partial charge on any atom is 0.419 e. The normalized spacial score (nSPS) is 23.5. The van der Waals surface area contributed by atoms with Gasteiger partial charge in [-0.15, -0.1) is 0 Å². The third-order valence-electron chi connectivity index (χ3n) is 7.76. The van der Waals surface area contributed by atoms with Gasteiger partial charge in [-0.3, -0.25) is 0 Å². The first-order chi connectivity index (χ1) is 18.8. The van der Waals surface area contributed by atoms with Crippen LogP contribution in [0.4, 0.5) is 30.4 Å². The molecule has 0 aliphatic carbocycles. The Morgan fingerprint density at radius 2 is 2.00 bits per heavy atom. The van der Waals surface area contributed by atoms with Crippen molar-refractivity contribution in [3.05, 3.63) is 58.9 Å². The van der Waals surface area contributed by atoms with Gasteiger partial charge in [0.25, 0.3) is 0 Å². The Balaban J connectivity index is 1.27. The number of aromatic nitrogens is 1. The molecule has 1 fully saturated rings. The number of aliphatic imine (C=N–C) groups is 1. The maximum absolute atomic E-state index is 13.7. The summed E-state index contributed by atoms with van der Waals surface area (Å²) in [6, 6.07) is 8.79. The number of amidine groups is 1. The largest absolute Gasteiger partial charge is 0.419 e. The van der Waals surface area contributed by atoms with Crippen LogP contribution >= 0.6 is 0 Å². The second-order valence-corrected chi connectivity index (χ2v) is 10.4. The molecule has 0 amide bonds. The van der Waals surface area contributed by atoms with Crippen molar-refractivity contribution in [2.24, 2.45) is 4.99 Å². The highest BCUT2D eigenvalue weighted by Gasteiger charge is 2.37. The van der Waals surface area contributed by atoms with Crippen LogP contribution in [0.3, 0.4) is 0 Å². The average Bonchev–Trinajstić information content (AvgIpc) is 3.33. The molecule has 0 spiro atoms. The molecular formula is C28H33F3N6O2. The molecule has 1 aromatic heterocycles. The lowest BCUT2D eigenvalue weighted by Crippen LogP contribution is -2.40. The van der Waals surface area contributed by atoms with E-state index in [4.69, 9.17) is 14.5 Å². The van der Waals surface area contributed by atoms with E-state index in [0.29, 0.717) is 45.0 Å². The lowest BCUT2D eigenvalue weighted by molar-refractivity contribution is -0.137. The fourth-order valence-corrected chi connectivity index (χ4v) is 5.73. The molecule has 1 aromatic carbocycles. The van der Waals surface area contributed by atoms with Crippen molar-refractivity contribution in [2.45, 2.75) is 50.7 Å². The van der Waals surface area contributed by atoms with Crippen LogP contribution in [0, 0.1) is 0 Å². The first kappa shape index (κ1) is 25.9. The molecule has 4 aliphatic rings. The number of hydrogen-bond donors (Lipinski definition) is 2. The molecule has 0 saturated carbocycles. The Hall–Kier alpha value is -3.31. The molecule has 2 N–H and O–H groups in total. The van der Waals surface area contributed by atoms with Crippen LogP contribution in [0.5, 0.6) is 0 Å². The second kappa shape index (κ2) is 10.7. The molecule has 208 valence electrons. The van der Waals surface area contributed by atoms with E-state index >= 15 is 0 Å². The summed E-state index contributed by atoms with van der Waals surface area (Å²) in [5.41, 5.74) is 4.61. The van der Waals surface area contributed by atoms with Crippen LogP contribution in [-0.4, -0.2) is 63.2 Å². The van der Waals surface area contributed by atoms with E-state index in [9.17, 15) is 13.2 Å². The van der Waals surface area contributed by atoms with Gasteiger partial charge in [-0.2, -0.15) is 13.2 Å². The first-order valence-electron chi connectivity index (χ1n) is 13.5. The molecular weight excluding hydrogens is 509 g/mol. The monoisotopic (exact) mass is 542 g/mol. The number of anilines is 3. The molecule has 2 atom stereocenters. The molecule has 0 bridgehead atoms. The first-order valence-corrected chi connectivity index (χ1v) is 13.5. The number of nitrogens with zero attached hydrogens (tertiary/aromatic N) is 4. The Kier molecular flexibility index (Phi) is 7.11. The van der Waals surface area contributed by atoms with Gasteiger partial charge in [-0.25, -0.2) is 9.98 Å².